The molecular weight excluding hydrogens is 256 g/mol. The van der Waals surface area contributed by atoms with Crippen LogP contribution in [0.1, 0.15) is 13.3 Å². The molecule has 0 aromatic heterocycles. The number of aliphatic carboxylic acids is 1. The van der Waals surface area contributed by atoms with E-state index in [0.29, 0.717) is 12.1 Å². The molecule has 1 aromatic carbocycles. The van der Waals surface area contributed by atoms with Gasteiger partial charge < -0.3 is 10.4 Å². The molecule has 3 N–H and O–H groups in total. The zero-order valence-corrected chi connectivity index (χ0v) is 11.0. The van der Waals surface area contributed by atoms with Crippen molar-refractivity contribution >= 4 is 21.7 Å². The van der Waals surface area contributed by atoms with E-state index in [4.69, 9.17) is 5.11 Å². The Morgan fingerprint density at radius 3 is 2.28 bits per heavy atom. The molecule has 0 aliphatic rings. The summed E-state index contributed by atoms with van der Waals surface area (Å²) < 4.78 is 25.2. The minimum Gasteiger partial charge on any atom is -0.480 e. The second-order valence-corrected chi connectivity index (χ2v) is 5.56. The molecule has 6 nitrogen and oxygen atoms in total. The molecular formula is C11H16N2O4S. The number of anilines is 1. The highest BCUT2D eigenvalue weighted by Gasteiger charge is 2.15. The summed E-state index contributed by atoms with van der Waals surface area (Å²) in [5.41, 5.74) is 0.569. The van der Waals surface area contributed by atoms with Crippen molar-refractivity contribution in [1.82, 2.24) is 4.72 Å². The highest BCUT2D eigenvalue weighted by molar-refractivity contribution is 7.89. The summed E-state index contributed by atoms with van der Waals surface area (Å²) in [5.74, 6) is -0.940. The van der Waals surface area contributed by atoms with Gasteiger partial charge in [-0.2, -0.15) is 0 Å². The van der Waals surface area contributed by atoms with Crippen LogP contribution in [0.4, 0.5) is 5.69 Å². The number of benzene rings is 1. The predicted molar refractivity (Wildman–Crippen MR) is 68.0 cm³/mol. The molecule has 1 aromatic rings. The maximum atomic E-state index is 11.5. The molecule has 0 saturated heterocycles. The fourth-order valence-electron chi connectivity index (χ4n) is 1.39. The molecule has 7 heteroatoms. The van der Waals surface area contributed by atoms with E-state index in [0.717, 1.165) is 0 Å². The van der Waals surface area contributed by atoms with Gasteiger partial charge in [0.1, 0.15) is 6.04 Å². The van der Waals surface area contributed by atoms with Crippen LogP contribution in [0, 0.1) is 0 Å². The van der Waals surface area contributed by atoms with Crippen LogP contribution < -0.4 is 10.0 Å². The zero-order chi connectivity index (χ0) is 13.8. The maximum absolute atomic E-state index is 11.5. The van der Waals surface area contributed by atoms with E-state index in [9.17, 15) is 13.2 Å². The van der Waals surface area contributed by atoms with Crippen LogP contribution in [-0.2, 0) is 14.8 Å². The number of carboxylic acid groups (broad SMARTS) is 1. The van der Waals surface area contributed by atoms with E-state index in [1.54, 1.807) is 6.92 Å². The van der Waals surface area contributed by atoms with Crippen molar-refractivity contribution in [2.24, 2.45) is 0 Å². The van der Waals surface area contributed by atoms with Gasteiger partial charge in [-0.1, -0.05) is 6.92 Å². The molecule has 0 saturated carbocycles. The summed E-state index contributed by atoms with van der Waals surface area (Å²) in [5, 5.41) is 11.7. The number of rotatable bonds is 6. The third kappa shape index (κ3) is 3.44. The second-order valence-electron chi connectivity index (χ2n) is 3.68. The Hall–Kier alpha value is -1.60. The standard InChI is InChI=1S/C11H16N2O4S/c1-3-10(11(14)15)13-8-4-6-9(7-5-8)18(16,17)12-2/h4-7,10,12-13H,3H2,1-2H3,(H,14,15). The molecule has 0 aliphatic heterocycles. The van der Waals surface area contributed by atoms with Crippen LogP contribution in [0.25, 0.3) is 0 Å². The molecule has 1 rings (SSSR count). The van der Waals surface area contributed by atoms with Crippen molar-refractivity contribution in [3.8, 4) is 0 Å². The van der Waals surface area contributed by atoms with Gasteiger partial charge in [-0.15, -0.1) is 0 Å². The van der Waals surface area contributed by atoms with Gasteiger partial charge in [0, 0.05) is 5.69 Å². The van der Waals surface area contributed by atoms with Gasteiger partial charge in [0.25, 0.3) is 0 Å². The van der Waals surface area contributed by atoms with E-state index < -0.39 is 22.0 Å². The third-order valence-corrected chi connectivity index (χ3v) is 3.91. The molecule has 0 spiro atoms. The lowest BCUT2D eigenvalue weighted by Gasteiger charge is -2.13. The number of hydrogen-bond acceptors (Lipinski definition) is 4. The van der Waals surface area contributed by atoms with Crippen LogP contribution in [0.5, 0.6) is 0 Å². The molecule has 18 heavy (non-hydrogen) atoms. The second kappa shape index (κ2) is 5.83. The van der Waals surface area contributed by atoms with E-state index in [1.807, 2.05) is 0 Å². The molecule has 0 radical (unpaired) electrons. The van der Waals surface area contributed by atoms with Gasteiger partial charge in [0.2, 0.25) is 10.0 Å². The molecule has 1 atom stereocenters. The van der Waals surface area contributed by atoms with Crippen molar-refractivity contribution in [2.75, 3.05) is 12.4 Å². The van der Waals surface area contributed by atoms with Crippen molar-refractivity contribution in [1.29, 1.82) is 0 Å². The Balaban J connectivity index is 2.87. The van der Waals surface area contributed by atoms with Gasteiger partial charge in [-0.3, -0.25) is 0 Å². The quantitative estimate of drug-likeness (QED) is 0.714. The van der Waals surface area contributed by atoms with Crippen molar-refractivity contribution in [3.05, 3.63) is 24.3 Å². The topological polar surface area (TPSA) is 95.5 Å². The lowest BCUT2D eigenvalue weighted by atomic mass is 10.2. The molecule has 0 heterocycles. The zero-order valence-electron chi connectivity index (χ0n) is 10.2. The average Bonchev–Trinajstić information content (AvgIpc) is 2.36. The summed E-state index contributed by atoms with van der Waals surface area (Å²) in [6.45, 7) is 1.76. The van der Waals surface area contributed by atoms with Gasteiger partial charge in [-0.25, -0.2) is 17.9 Å². The average molecular weight is 272 g/mol. The van der Waals surface area contributed by atoms with E-state index in [2.05, 4.69) is 10.0 Å². The van der Waals surface area contributed by atoms with Gasteiger partial charge in [0.05, 0.1) is 4.90 Å². The van der Waals surface area contributed by atoms with Gasteiger partial charge in [-0.05, 0) is 37.7 Å². The predicted octanol–water partition coefficient (Wildman–Crippen LogP) is 0.870. The third-order valence-electron chi connectivity index (χ3n) is 2.48. The molecule has 0 fully saturated rings. The number of nitrogens with one attached hydrogen (secondary N) is 2. The van der Waals surface area contributed by atoms with Crippen LogP contribution in [-0.4, -0.2) is 32.6 Å². The summed E-state index contributed by atoms with van der Waals surface area (Å²) in [6, 6.07) is 5.23. The summed E-state index contributed by atoms with van der Waals surface area (Å²) >= 11 is 0. The van der Waals surface area contributed by atoms with Crippen LogP contribution in [0.2, 0.25) is 0 Å². The first-order chi connectivity index (χ1) is 8.40. The molecule has 0 amide bonds. The summed E-state index contributed by atoms with van der Waals surface area (Å²) in [6.07, 6.45) is 0.436. The Kier molecular flexibility index (Phi) is 4.69. The van der Waals surface area contributed by atoms with E-state index in [1.165, 1.54) is 31.3 Å². The highest BCUT2D eigenvalue weighted by Crippen LogP contribution is 2.15. The monoisotopic (exact) mass is 272 g/mol. The van der Waals surface area contributed by atoms with Crippen molar-refractivity contribution in [2.45, 2.75) is 24.3 Å². The van der Waals surface area contributed by atoms with E-state index in [-0.39, 0.29) is 4.90 Å². The smallest absolute Gasteiger partial charge is 0.326 e. The fraction of sp³-hybridized carbons (Fsp3) is 0.364. The number of carbonyl (C=O) groups is 1. The lowest BCUT2D eigenvalue weighted by Crippen LogP contribution is -2.28. The number of hydrogen-bond donors (Lipinski definition) is 3. The molecule has 100 valence electrons. The Bertz CT molecular complexity index is 510. The highest BCUT2D eigenvalue weighted by atomic mass is 32.2. The van der Waals surface area contributed by atoms with Gasteiger partial charge >= 0.3 is 5.97 Å². The van der Waals surface area contributed by atoms with Crippen LogP contribution in [0.3, 0.4) is 0 Å². The van der Waals surface area contributed by atoms with E-state index >= 15 is 0 Å². The molecule has 1 unspecified atom stereocenters. The number of sulfonamides is 1. The normalized spacial score (nSPS) is 13.0. The van der Waals surface area contributed by atoms with Crippen molar-refractivity contribution in [3.63, 3.8) is 0 Å². The fourth-order valence-corrected chi connectivity index (χ4v) is 2.12. The summed E-state index contributed by atoms with van der Waals surface area (Å²) in [7, 11) is -2.13. The number of carboxylic acids is 1. The molecule has 0 aliphatic carbocycles. The van der Waals surface area contributed by atoms with Crippen molar-refractivity contribution < 1.29 is 18.3 Å². The maximum Gasteiger partial charge on any atom is 0.326 e. The first-order valence-electron chi connectivity index (χ1n) is 5.43. The first-order valence-corrected chi connectivity index (χ1v) is 6.92. The molecule has 0 bridgehead atoms. The minimum atomic E-state index is -3.46. The van der Waals surface area contributed by atoms with Gasteiger partial charge in [0.15, 0.2) is 0 Å². The Morgan fingerprint density at radius 2 is 1.89 bits per heavy atom. The minimum absolute atomic E-state index is 0.138. The Morgan fingerprint density at radius 1 is 1.33 bits per heavy atom. The largest absolute Gasteiger partial charge is 0.480 e. The SMILES string of the molecule is CCC(Nc1ccc(S(=O)(=O)NC)cc1)C(=O)O. The van der Waals surface area contributed by atoms with Crippen LogP contribution in [0.15, 0.2) is 29.2 Å². The summed E-state index contributed by atoms with van der Waals surface area (Å²) in [4.78, 5) is 11.0. The Labute approximate surface area is 106 Å². The lowest BCUT2D eigenvalue weighted by molar-refractivity contribution is -0.137. The first kappa shape index (κ1) is 14.5. The van der Waals surface area contributed by atoms with Crippen LogP contribution >= 0.6 is 0 Å².